The minimum absolute atomic E-state index is 0.118. The smallest absolute Gasteiger partial charge is 0.408 e. The first kappa shape index (κ1) is 30.1. The van der Waals surface area contributed by atoms with E-state index in [4.69, 9.17) is 10.5 Å². The molecule has 212 valence electrons. The minimum Gasteiger partial charge on any atom is -0.444 e. The minimum atomic E-state index is -1.32. The van der Waals surface area contributed by atoms with E-state index in [1.165, 1.54) is 4.90 Å². The van der Waals surface area contributed by atoms with Gasteiger partial charge in [-0.1, -0.05) is 54.1 Å². The molecule has 3 aromatic rings. The second-order valence-corrected chi connectivity index (χ2v) is 10.8. The molecule has 40 heavy (non-hydrogen) atoms. The van der Waals surface area contributed by atoms with Gasteiger partial charge in [-0.15, -0.1) is 0 Å². The molecule has 9 nitrogen and oxygen atoms in total. The van der Waals surface area contributed by atoms with Gasteiger partial charge in [0.15, 0.2) is 0 Å². The lowest BCUT2D eigenvalue weighted by molar-refractivity contribution is -0.141. The fraction of sp³-hybridized carbons (Fsp3) is 0.355. The Balaban J connectivity index is 2.01. The molecule has 0 bridgehead atoms. The third-order valence-corrected chi connectivity index (χ3v) is 6.32. The Labute approximate surface area is 235 Å². The van der Waals surface area contributed by atoms with Gasteiger partial charge < -0.3 is 26.0 Å². The predicted molar refractivity (Wildman–Crippen MR) is 156 cm³/mol. The Morgan fingerprint density at radius 1 is 0.950 bits per heavy atom. The van der Waals surface area contributed by atoms with E-state index in [0.29, 0.717) is 11.3 Å². The van der Waals surface area contributed by atoms with Crippen LogP contribution in [0.15, 0.2) is 60.7 Å². The third kappa shape index (κ3) is 7.81. The van der Waals surface area contributed by atoms with Crippen LogP contribution < -0.4 is 16.4 Å². The van der Waals surface area contributed by atoms with Crippen molar-refractivity contribution >= 4 is 40.3 Å². The van der Waals surface area contributed by atoms with Gasteiger partial charge in [-0.3, -0.25) is 14.4 Å². The quantitative estimate of drug-likeness (QED) is 0.356. The van der Waals surface area contributed by atoms with Crippen LogP contribution in [-0.2, 0) is 19.1 Å². The number of primary amides is 1. The van der Waals surface area contributed by atoms with E-state index >= 15 is 0 Å². The molecule has 4 amide bonds. The zero-order valence-electron chi connectivity index (χ0n) is 23.9. The van der Waals surface area contributed by atoms with Gasteiger partial charge in [0, 0.05) is 12.2 Å². The number of likely N-dealkylation sites (N-methyl/N-ethyl adjacent to an activating group) is 1. The van der Waals surface area contributed by atoms with Gasteiger partial charge in [-0.05, 0) is 75.6 Å². The van der Waals surface area contributed by atoms with Gasteiger partial charge in [0.1, 0.15) is 17.7 Å². The molecule has 2 unspecified atom stereocenters. The number of benzene rings is 3. The Morgan fingerprint density at radius 2 is 1.62 bits per heavy atom. The summed E-state index contributed by atoms with van der Waals surface area (Å²) in [7, 11) is 0. The number of rotatable bonds is 9. The molecule has 0 aliphatic carbocycles. The van der Waals surface area contributed by atoms with Crippen molar-refractivity contribution in [2.45, 2.75) is 65.6 Å². The van der Waals surface area contributed by atoms with E-state index < -0.39 is 47.9 Å². The summed E-state index contributed by atoms with van der Waals surface area (Å²) in [6, 6.07) is 16.6. The number of anilines is 1. The fourth-order valence-corrected chi connectivity index (χ4v) is 4.58. The standard InChI is InChI=1S/C31H38N4O5/c1-7-35(29(38)25(18-26(32)36)34-30(39)40-31(4,5)6)27(24-15-12-19(2)16-20(24)3)28(37)33-23-14-13-21-10-8-9-11-22(21)17-23/h8-17,25,27H,7,18H2,1-6H3,(H2,32,36)(H,33,37)(H,34,39). The fourth-order valence-electron chi connectivity index (χ4n) is 4.58. The van der Waals surface area contributed by atoms with Crippen molar-refractivity contribution in [2.24, 2.45) is 5.73 Å². The largest absolute Gasteiger partial charge is 0.444 e. The highest BCUT2D eigenvalue weighted by molar-refractivity contribution is 6.01. The van der Waals surface area contributed by atoms with Crippen molar-refractivity contribution in [2.75, 3.05) is 11.9 Å². The van der Waals surface area contributed by atoms with Crippen molar-refractivity contribution < 1.29 is 23.9 Å². The van der Waals surface area contributed by atoms with E-state index in [1.54, 1.807) is 33.8 Å². The highest BCUT2D eigenvalue weighted by Gasteiger charge is 2.37. The Kier molecular flexibility index (Phi) is 9.52. The molecule has 0 saturated carbocycles. The maximum absolute atomic E-state index is 13.9. The van der Waals surface area contributed by atoms with Crippen LogP contribution in [0.3, 0.4) is 0 Å². The van der Waals surface area contributed by atoms with Crippen molar-refractivity contribution in [3.63, 3.8) is 0 Å². The summed E-state index contributed by atoms with van der Waals surface area (Å²) in [5.74, 6) is -1.85. The number of nitrogens with zero attached hydrogens (tertiary/aromatic N) is 1. The molecule has 3 aromatic carbocycles. The first-order valence-electron chi connectivity index (χ1n) is 13.2. The van der Waals surface area contributed by atoms with Crippen LogP contribution in [0.25, 0.3) is 10.8 Å². The highest BCUT2D eigenvalue weighted by Crippen LogP contribution is 2.28. The zero-order chi connectivity index (χ0) is 29.6. The Hall–Kier alpha value is -4.40. The normalized spacial score (nSPS) is 12.8. The van der Waals surface area contributed by atoms with Crippen LogP contribution in [0.5, 0.6) is 0 Å². The number of amides is 4. The Morgan fingerprint density at radius 3 is 2.23 bits per heavy atom. The molecular formula is C31H38N4O5. The SMILES string of the molecule is CCN(C(=O)C(CC(N)=O)NC(=O)OC(C)(C)C)C(C(=O)Nc1ccc2ccccc2c1)c1ccc(C)cc1C. The third-order valence-electron chi connectivity index (χ3n) is 6.32. The van der Waals surface area contributed by atoms with Crippen molar-refractivity contribution in [3.05, 3.63) is 77.4 Å². The summed E-state index contributed by atoms with van der Waals surface area (Å²) in [6.45, 7) is 10.7. The van der Waals surface area contributed by atoms with Crippen molar-refractivity contribution in [3.8, 4) is 0 Å². The molecule has 0 radical (unpaired) electrons. The van der Waals surface area contributed by atoms with Gasteiger partial charge in [-0.25, -0.2) is 4.79 Å². The van der Waals surface area contributed by atoms with Gasteiger partial charge in [0.2, 0.25) is 11.8 Å². The first-order valence-corrected chi connectivity index (χ1v) is 13.2. The molecule has 0 aliphatic heterocycles. The molecule has 0 aliphatic rings. The van der Waals surface area contributed by atoms with Crippen LogP contribution in [0.4, 0.5) is 10.5 Å². The second-order valence-electron chi connectivity index (χ2n) is 10.8. The molecule has 0 saturated heterocycles. The monoisotopic (exact) mass is 546 g/mol. The number of alkyl carbamates (subject to hydrolysis) is 1. The number of nitrogens with one attached hydrogen (secondary N) is 2. The average molecular weight is 547 g/mol. The van der Waals surface area contributed by atoms with Crippen LogP contribution >= 0.6 is 0 Å². The molecule has 3 rings (SSSR count). The molecule has 0 heterocycles. The summed E-state index contributed by atoms with van der Waals surface area (Å²) < 4.78 is 5.30. The van der Waals surface area contributed by atoms with Crippen LogP contribution in [0, 0.1) is 13.8 Å². The topological polar surface area (TPSA) is 131 Å². The molecule has 0 aromatic heterocycles. The lowest BCUT2D eigenvalue weighted by Crippen LogP contribution is -2.53. The van der Waals surface area contributed by atoms with E-state index in [2.05, 4.69) is 10.6 Å². The summed E-state index contributed by atoms with van der Waals surface area (Å²) >= 11 is 0. The van der Waals surface area contributed by atoms with Gasteiger partial charge in [0.05, 0.1) is 6.42 Å². The number of hydrogen-bond acceptors (Lipinski definition) is 5. The van der Waals surface area contributed by atoms with Crippen molar-refractivity contribution in [1.29, 1.82) is 0 Å². The predicted octanol–water partition coefficient (Wildman–Crippen LogP) is 4.75. The number of hydrogen-bond donors (Lipinski definition) is 3. The number of nitrogens with two attached hydrogens (primary N) is 1. The second kappa shape index (κ2) is 12.6. The van der Waals surface area contributed by atoms with E-state index in [1.807, 2.05) is 68.4 Å². The summed E-state index contributed by atoms with van der Waals surface area (Å²) in [6.07, 6.45) is -1.33. The highest BCUT2D eigenvalue weighted by atomic mass is 16.6. The molecule has 2 atom stereocenters. The molecule has 9 heteroatoms. The van der Waals surface area contributed by atoms with Crippen LogP contribution in [-0.4, -0.2) is 46.9 Å². The number of carbonyl (C=O) groups is 4. The molecule has 4 N–H and O–H groups in total. The molecule has 0 spiro atoms. The Bertz CT molecular complexity index is 1410. The molecular weight excluding hydrogens is 508 g/mol. The van der Waals surface area contributed by atoms with Gasteiger partial charge in [-0.2, -0.15) is 0 Å². The lowest BCUT2D eigenvalue weighted by Gasteiger charge is -2.34. The van der Waals surface area contributed by atoms with Crippen LogP contribution in [0.2, 0.25) is 0 Å². The van der Waals surface area contributed by atoms with Gasteiger partial charge >= 0.3 is 6.09 Å². The van der Waals surface area contributed by atoms with Crippen LogP contribution in [0.1, 0.15) is 56.8 Å². The lowest BCUT2D eigenvalue weighted by atomic mass is 9.96. The van der Waals surface area contributed by atoms with E-state index in [-0.39, 0.29) is 6.54 Å². The molecule has 0 fully saturated rings. The number of carbonyl (C=O) groups excluding carboxylic acids is 4. The summed E-state index contributed by atoms with van der Waals surface area (Å²) in [4.78, 5) is 53.6. The maximum atomic E-state index is 13.9. The number of fused-ring (bicyclic) bond motifs is 1. The first-order chi connectivity index (χ1) is 18.8. The maximum Gasteiger partial charge on any atom is 0.408 e. The number of ether oxygens (including phenoxy) is 1. The van der Waals surface area contributed by atoms with Crippen molar-refractivity contribution in [1.82, 2.24) is 10.2 Å². The summed E-state index contributed by atoms with van der Waals surface area (Å²) in [5, 5.41) is 7.41. The van der Waals surface area contributed by atoms with E-state index in [9.17, 15) is 19.2 Å². The zero-order valence-corrected chi connectivity index (χ0v) is 23.9. The summed E-state index contributed by atoms with van der Waals surface area (Å²) in [5.41, 5.74) is 7.62. The number of aryl methyl sites for hydroxylation is 2. The van der Waals surface area contributed by atoms with Gasteiger partial charge in [0.25, 0.3) is 5.91 Å². The van der Waals surface area contributed by atoms with E-state index in [0.717, 1.165) is 21.9 Å². The average Bonchev–Trinajstić information content (AvgIpc) is 2.85.